The molecule has 0 aliphatic rings. The predicted molar refractivity (Wildman–Crippen MR) is 78.3 cm³/mol. The van der Waals surface area contributed by atoms with Crippen molar-refractivity contribution in [3.05, 3.63) is 38.9 Å². The molecule has 7 nitrogen and oxygen atoms in total. The number of hydrogen-bond donors (Lipinski definition) is 2. The van der Waals surface area contributed by atoms with Crippen molar-refractivity contribution in [3.63, 3.8) is 0 Å². The van der Waals surface area contributed by atoms with Gasteiger partial charge in [0.05, 0.1) is 10.3 Å². The first-order valence-corrected chi connectivity index (χ1v) is 6.51. The number of nitrogens with zero attached hydrogens (tertiary/aromatic N) is 1. The summed E-state index contributed by atoms with van der Waals surface area (Å²) in [6.45, 7) is 3.34. The fourth-order valence-electron chi connectivity index (χ4n) is 1.66. The zero-order valence-electron chi connectivity index (χ0n) is 11.9. The minimum Gasteiger partial charge on any atom is -0.359 e. The molecule has 0 radical (unpaired) electrons. The van der Waals surface area contributed by atoms with Gasteiger partial charge in [-0.1, -0.05) is 11.6 Å². The topological polar surface area (TPSA) is 101 Å². The number of halogens is 1. The fourth-order valence-corrected chi connectivity index (χ4v) is 1.84. The number of nitro groups is 1. The van der Waals surface area contributed by atoms with Gasteiger partial charge in [0.2, 0.25) is 5.91 Å². The van der Waals surface area contributed by atoms with Gasteiger partial charge in [0, 0.05) is 24.7 Å². The Bertz CT molecular complexity index is 587. The van der Waals surface area contributed by atoms with Crippen LogP contribution in [0.5, 0.6) is 0 Å². The molecule has 0 aromatic heterocycles. The molecule has 1 rings (SSSR count). The Balaban J connectivity index is 2.93. The molecule has 1 aromatic rings. The van der Waals surface area contributed by atoms with Crippen molar-refractivity contribution in [1.29, 1.82) is 0 Å². The van der Waals surface area contributed by atoms with Crippen LogP contribution in [0, 0.1) is 15.5 Å². The van der Waals surface area contributed by atoms with Crippen molar-refractivity contribution in [2.75, 3.05) is 13.6 Å². The normalized spacial score (nSPS) is 10.9. The predicted octanol–water partition coefficient (Wildman–Crippen LogP) is 1.75. The average molecular weight is 314 g/mol. The van der Waals surface area contributed by atoms with Crippen molar-refractivity contribution >= 4 is 29.1 Å². The van der Waals surface area contributed by atoms with Crippen LogP contribution in [0.1, 0.15) is 24.2 Å². The molecule has 0 unspecified atom stereocenters. The van der Waals surface area contributed by atoms with Gasteiger partial charge in [-0.25, -0.2) is 0 Å². The molecule has 2 amide bonds. The summed E-state index contributed by atoms with van der Waals surface area (Å²) in [6.07, 6.45) is 0. The van der Waals surface area contributed by atoms with Gasteiger partial charge in [-0.05, 0) is 26.0 Å². The van der Waals surface area contributed by atoms with Crippen LogP contribution in [0.15, 0.2) is 18.2 Å². The lowest BCUT2D eigenvalue weighted by Crippen LogP contribution is -2.43. The van der Waals surface area contributed by atoms with E-state index in [1.165, 1.54) is 25.2 Å². The lowest BCUT2D eigenvalue weighted by atomic mass is 9.92. The summed E-state index contributed by atoms with van der Waals surface area (Å²) in [4.78, 5) is 33.9. The summed E-state index contributed by atoms with van der Waals surface area (Å²) in [7, 11) is 1.49. The number of carbonyl (C=O) groups excluding carboxylic acids is 2. The third kappa shape index (κ3) is 4.16. The van der Waals surface area contributed by atoms with Crippen LogP contribution in [0.3, 0.4) is 0 Å². The van der Waals surface area contributed by atoms with Gasteiger partial charge in [0.25, 0.3) is 11.6 Å². The van der Waals surface area contributed by atoms with E-state index in [2.05, 4.69) is 10.6 Å². The number of hydrogen-bond acceptors (Lipinski definition) is 4. The molecule has 0 aliphatic carbocycles. The monoisotopic (exact) mass is 313 g/mol. The Morgan fingerprint density at radius 1 is 1.38 bits per heavy atom. The van der Waals surface area contributed by atoms with Crippen LogP contribution in [0.25, 0.3) is 0 Å². The van der Waals surface area contributed by atoms with Crippen LogP contribution in [-0.4, -0.2) is 30.3 Å². The highest BCUT2D eigenvalue weighted by atomic mass is 35.5. The van der Waals surface area contributed by atoms with E-state index in [4.69, 9.17) is 11.6 Å². The summed E-state index contributed by atoms with van der Waals surface area (Å²) >= 11 is 5.76. The molecule has 1 aromatic carbocycles. The highest BCUT2D eigenvalue weighted by molar-refractivity contribution is 6.31. The zero-order chi connectivity index (χ0) is 16.2. The first kappa shape index (κ1) is 16.9. The van der Waals surface area contributed by atoms with E-state index >= 15 is 0 Å². The summed E-state index contributed by atoms with van der Waals surface area (Å²) in [5.74, 6) is -0.899. The van der Waals surface area contributed by atoms with Crippen LogP contribution in [0.4, 0.5) is 5.69 Å². The van der Waals surface area contributed by atoms with Gasteiger partial charge in [-0.15, -0.1) is 0 Å². The summed E-state index contributed by atoms with van der Waals surface area (Å²) in [5.41, 5.74) is -1.31. The summed E-state index contributed by atoms with van der Waals surface area (Å²) in [5, 5.41) is 16.1. The molecule has 114 valence electrons. The largest absolute Gasteiger partial charge is 0.359 e. The Kier molecular flexibility index (Phi) is 5.26. The molecule has 0 fully saturated rings. The van der Waals surface area contributed by atoms with E-state index < -0.39 is 16.2 Å². The minimum absolute atomic E-state index is 0.0369. The SMILES string of the molecule is CNC(=O)C(C)(C)CNC(=O)c1cc(Cl)ccc1[N+](=O)[O-]. The molecular formula is C13H16ClN3O4. The van der Waals surface area contributed by atoms with Gasteiger partial charge >= 0.3 is 0 Å². The van der Waals surface area contributed by atoms with Crippen molar-refractivity contribution in [2.24, 2.45) is 5.41 Å². The number of nitro benzene ring substituents is 1. The Morgan fingerprint density at radius 3 is 2.52 bits per heavy atom. The summed E-state index contributed by atoms with van der Waals surface area (Å²) in [6, 6.07) is 3.73. The molecule has 8 heteroatoms. The van der Waals surface area contributed by atoms with Crippen molar-refractivity contribution < 1.29 is 14.5 Å². The third-order valence-corrected chi connectivity index (χ3v) is 3.17. The fraction of sp³-hybridized carbons (Fsp3) is 0.385. The first-order valence-electron chi connectivity index (χ1n) is 6.13. The minimum atomic E-state index is -0.836. The first-order chi connectivity index (χ1) is 9.69. The van der Waals surface area contributed by atoms with Crippen molar-refractivity contribution in [2.45, 2.75) is 13.8 Å². The number of benzene rings is 1. The number of carbonyl (C=O) groups is 2. The van der Waals surface area contributed by atoms with Crippen LogP contribution < -0.4 is 10.6 Å². The molecule has 0 atom stereocenters. The van der Waals surface area contributed by atoms with Gasteiger partial charge < -0.3 is 10.6 Å². The van der Waals surface area contributed by atoms with Crippen LogP contribution in [0.2, 0.25) is 5.02 Å². The molecule has 0 heterocycles. The van der Waals surface area contributed by atoms with Crippen molar-refractivity contribution in [1.82, 2.24) is 10.6 Å². The van der Waals surface area contributed by atoms with E-state index in [0.717, 1.165) is 0 Å². The van der Waals surface area contributed by atoms with Crippen molar-refractivity contribution in [3.8, 4) is 0 Å². The Labute approximate surface area is 126 Å². The Morgan fingerprint density at radius 2 is 2.00 bits per heavy atom. The molecule has 0 bridgehead atoms. The van der Waals surface area contributed by atoms with E-state index in [-0.39, 0.29) is 28.7 Å². The highest BCUT2D eigenvalue weighted by Crippen LogP contribution is 2.23. The summed E-state index contributed by atoms with van der Waals surface area (Å²) < 4.78 is 0. The second kappa shape index (κ2) is 6.53. The zero-order valence-corrected chi connectivity index (χ0v) is 12.7. The highest BCUT2D eigenvalue weighted by Gasteiger charge is 2.28. The van der Waals surface area contributed by atoms with E-state index in [1.807, 2.05) is 0 Å². The van der Waals surface area contributed by atoms with Gasteiger partial charge in [-0.3, -0.25) is 19.7 Å². The molecule has 0 aliphatic heterocycles. The standard InChI is InChI=1S/C13H16ClN3O4/c1-13(2,12(19)15-3)7-16-11(18)9-6-8(14)4-5-10(9)17(20)21/h4-6H,7H2,1-3H3,(H,15,19)(H,16,18). The van der Waals surface area contributed by atoms with Gasteiger partial charge in [0.1, 0.15) is 5.56 Å². The molecule has 2 N–H and O–H groups in total. The smallest absolute Gasteiger partial charge is 0.282 e. The van der Waals surface area contributed by atoms with Crippen LogP contribution in [-0.2, 0) is 4.79 Å². The van der Waals surface area contributed by atoms with Crippen LogP contribution >= 0.6 is 11.6 Å². The van der Waals surface area contributed by atoms with Gasteiger partial charge in [-0.2, -0.15) is 0 Å². The number of nitrogens with one attached hydrogen (secondary N) is 2. The quantitative estimate of drug-likeness (QED) is 0.638. The molecule has 0 spiro atoms. The maximum Gasteiger partial charge on any atom is 0.282 e. The number of amides is 2. The second-order valence-corrected chi connectivity index (χ2v) is 5.50. The van der Waals surface area contributed by atoms with Gasteiger partial charge in [0.15, 0.2) is 0 Å². The second-order valence-electron chi connectivity index (χ2n) is 5.06. The molecule has 0 saturated heterocycles. The average Bonchev–Trinajstić information content (AvgIpc) is 2.43. The Hall–Kier alpha value is -2.15. The van der Waals surface area contributed by atoms with E-state index in [9.17, 15) is 19.7 Å². The lowest BCUT2D eigenvalue weighted by molar-refractivity contribution is -0.385. The number of rotatable bonds is 5. The third-order valence-electron chi connectivity index (χ3n) is 2.93. The maximum absolute atomic E-state index is 12.1. The van der Waals surface area contributed by atoms with E-state index in [0.29, 0.717) is 0 Å². The molecule has 21 heavy (non-hydrogen) atoms. The molecular weight excluding hydrogens is 298 g/mol. The molecule has 0 saturated carbocycles. The van der Waals surface area contributed by atoms with E-state index in [1.54, 1.807) is 13.8 Å². The maximum atomic E-state index is 12.1. The lowest BCUT2D eigenvalue weighted by Gasteiger charge is -2.22.